The van der Waals surface area contributed by atoms with Gasteiger partial charge in [0.25, 0.3) is 0 Å². The molecule has 0 bridgehead atoms. The lowest BCUT2D eigenvalue weighted by Gasteiger charge is -2.20. The molecule has 0 radical (unpaired) electrons. The van der Waals surface area contributed by atoms with E-state index in [0.29, 0.717) is 0 Å². The van der Waals surface area contributed by atoms with Gasteiger partial charge in [-0.3, -0.25) is 0 Å². The standard InChI is InChI=1S/C4H2Cl2F6/c5-1(3(7,8)9)2(6)4(10,11)12/h1-2H/t1-,2-/m0/s1. The van der Waals surface area contributed by atoms with Crippen LogP contribution in [0.25, 0.3) is 0 Å². The van der Waals surface area contributed by atoms with Crippen molar-refractivity contribution in [3.8, 4) is 0 Å². The first kappa shape index (κ1) is 12.2. The van der Waals surface area contributed by atoms with E-state index in [4.69, 9.17) is 0 Å². The Bertz CT molecular complexity index is 131. The lowest BCUT2D eigenvalue weighted by atomic mass is 10.3. The molecule has 0 aromatic heterocycles. The SMILES string of the molecule is FC(F)(F)[C@@H](Cl)[C@H](Cl)C(F)(F)F. The van der Waals surface area contributed by atoms with Crippen LogP contribution in [-0.4, -0.2) is 23.1 Å². The quantitative estimate of drug-likeness (QED) is 0.483. The third-order valence-corrected chi connectivity index (χ3v) is 2.01. The summed E-state index contributed by atoms with van der Waals surface area (Å²) in [5.41, 5.74) is 0. The van der Waals surface area contributed by atoms with Gasteiger partial charge in [-0.25, -0.2) is 0 Å². The van der Waals surface area contributed by atoms with Gasteiger partial charge < -0.3 is 0 Å². The van der Waals surface area contributed by atoms with E-state index < -0.39 is 23.1 Å². The molecule has 0 amide bonds. The number of hydrogen-bond acceptors (Lipinski definition) is 0. The smallest absolute Gasteiger partial charge is 0.169 e. The normalized spacial score (nSPS) is 19.0. The molecule has 0 spiro atoms. The van der Waals surface area contributed by atoms with Crippen molar-refractivity contribution in [1.82, 2.24) is 0 Å². The van der Waals surface area contributed by atoms with Crippen LogP contribution in [-0.2, 0) is 0 Å². The maximum atomic E-state index is 11.5. The summed E-state index contributed by atoms with van der Waals surface area (Å²) in [7, 11) is 0. The average Bonchev–Trinajstić information content (AvgIpc) is 1.80. The molecule has 0 aliphatic heterocycles. The lowest BCUT2D eigenvalue weighted by molar-refractivity contribution is -0.176. The molecule has 0 unspecified atom stereocenters. The second-order valence-electron chi connectivity index (χ2n) is 1.89. The Morgan fingerprint density at radius 1 is 0.667 bits per heavy atom. The molecule has 0 aliphatic rings. The summed E-state index contributed by atoms with van der Waals surface area (Å²) in [6.07, 6.45) is -10.3. The topological polar surface area (TPSA) is 0 Å². The molecule has 74 valence electrons. The minimum atomic E-state index is -5.15. The van der Waals surface area contributed by atoms with E-state index >= 15 is 0 Å². The van der Waals surface area contributed by atoms with Crippen LogP contribution in [0.5, 0.6) is 0 Å². The molecule has 12 heavy (non-hydrogen) atoms. The average molecular weight is 235 g/mol. The molecule has 0 nitrogen and oxygen atoms in total. The van der Waals surface area contributed by atoms with E-state index in [0.717, 1.165) is 0 Å². The molecule has 0 aliphatic carbocycles. The third kappa shape index (κ3) is 3.26. The summed E-state index contributed by atoms with van der Waals surface area (Å²) in [5, 5.41) is -6.22. The molecule has 0 aromatic carbocycles. The van der Waals surface area contributed by atoms with Crippen molar-refractivity contribution in [1.29, 1.82) is 0 Å². The van der Waals surface area contributed by atoms with E-state index in [2.05, 4.69) is 23.2 Å². The zero-order chi connectivity index (χ0) is 10.2. The summed E-state index contributed by atoms with van der Waals surface area (Å²) in [4.78, 5) is 0. The fraction of sp³-hybridized carbons (Fsp3) is 1.00. The van der Waals surface area contributed by atoms with Gasteiger partial charge in [-0.05, 0) is 0 Å². The fourth-order valence-corrected chi connectivity index (χ4v) is 0.618. The Morgan fingerprint density at radius 2 is 0.833 bits per heavy atom. The van der Waals surface area contributed by atoms with E-state index in [-0.39, 0.29) is 0 Å². The lowest BCUT2D eigenvalue weighted by Crippen LogP contribution is -2.40. The van der Waals surface area contributed by atoms with Crippen molar-refractivity contribution >= 4 is 23.2 Å². The van der Waals surface area contributed by atoms with Crippen LogP contribution in [0.15, 0.2) is 0 Å². The summed E-state index contributed by atoms with van der Waals surface area (Å²) in [5.74, 6) is 0. The molecule has 0 rings (SSSR count). The molecule has 0 saturated carbocycles. The number of rotatable bonds is 1. The maximum Gasteiger partial charge on any atom is 0.406 e. The minimum Gasteiger partial charge on any atom is -0.169 e. The van der Waals surface area contributed by atoms with Crippen molar-refractivity contribution in [3.63, 3.8) is 0 Å². The van der Waals surface area contributed by atoms with Crippen molar-refractivity contribution in [2.24, 2.45) is 0 Å². The highest BCUT2D eigenvalue weighted by Crippen LogP contribution is 2.37. The number of alkyl halides is 8. The van der Waals surface area contributed by atoms with Gasteiger partial charge in [0, 0.05) is 0 Å². The molecular weight excluding hydrogens is 233 g/mol. The predicted octanol–water partition coefficient (Wildman–Crippen LogP) is 3.33. The number of halogens is 8. The van der Waals surface area contributed by atoms with Crippen molar-refractivity contribution in [3.05, 3.63) is 0 Å². The Balaban J connectivity index is 4.41. The second-order valence-corrected chi connectivity index (χ2v) is 2.83. The monoisotopic (exact) mass is 234 g/mol. The van der Waals surface area contributed by atoms with Crippen LogP contribution in [0.3, 0.4) is 0 Å². The number of hydrogen-bond donors (Lipinski definition) is 0. The largest absolute Gasteiger partial charge is 0.406 e. The van der Waals surface area contributed by atoms with Crippen LogP contribution < -0.4 is 0 Å². The first-order valence-electron chi connectivity index (χ1n) is 2.48. The Morgan fingerprint density at radius 3 is 0.917 bits per heavy atom. The van der Waals surface area contributed by atoms with Crippen LogP contribution >= 0.6 is 23.2 Å². The maximum absolute atomic E-state index is 11.5. The Labute approximate surface area is 73.4 Å². The predicted molar refractivity (Wildman–Crippen MR) is 31.4 cm³/mol. The first-order chi connectivity index (χ1) is 5.07. The van der Waals surface area contributed by atoms with Crippen LogP contribution in [0.4, 0.5) is 26.3 Å². The van der Waals surface area contributed by atoms with Gasteiger partial charge in [-0.15, -0.1) is 23.2 Å². The van der Waals surface area contributed by atoms with Crippen LogP contribution in [0, 0.1) is 0 Å². The fourth-order valence-electron chi connectivity index (χ4n) is 0.332. The molecule has 2 atom stereocenters. The molecule has 0 aromatic rings. The molecule has 8 heteroatoms. The highest BCUT2D eigenvalue weighted by atomic mass is 35.5. The zero-order valence-electron chi connectivity index (χ0n) is 5.18. The van der Waals surface area contributed by atoms with E-state index in [1.165, 1.54) is 0 Å². The summed E-state index contributed by atoms with van der Waals surface area (Å²) in [6, 6.07) is 0. The minimum absolute atomic E-state index is 3.11. The van der Waals surface area contributed by atoms with Gasteiger partial charge in [0.2, 0.25) is 0 Å². The molecule has 0 N–H and O–H groups in total. The molecule has 0 heterocycles. The van der Waals surface area contributed by atoms with E-state index in [9.17, 15) is 26.3 Å². The van der Waals surface area contributed by atoms with Gasteiger partial charge in [0.1, 0.15) is 0 Å². The first-order valence-corrected chi connectivity index (χ1v) is 3.35. The van der Waals surface area contributed by atoms with Crippen molar-refractivity contribution < 1.29 is 26.3 Å². The van der Waals surface area contributed by atoms with Gasteiger partial charge in [0.05, 0.1) is 0 Å². The Hall–Kier alpha value is 0.160. The summed E-state index contributed by atoms with van der Waals surface area (Å²) in [6.45, 7) is 0. The van der Waals surface area contributed by atoms with Gasteiger partial charge in [0.15, 0.2) is 10.8 Å². The molecule has 0 saturated heterocycles. The van der Waals surface area contributed by atoms with Crippen molar-refractivity contribution in [2.45, 2.75) is 23.1 Å². The zero-order valence-corrected chi connectivity index (χ0v) is 6.69. The third-order valence-electron chi connectivity index (χ3n) is 0.882. The Kier molecular flexibility index (Phi) is 3.54. The van der Waals surface area contributed by atoms with E-state index in [1.54, 1.807) is 0 Å². The second kappa shape index (κ2) is 3.49. The van der Waals surface area contributed by atoms with Gasteiger partial charge in [-0.2, -0.15) is 26.3 Å². The molecular formula is C4H2Cl2F6. The summed E-state index contributed by atoms with van der Waals surface area (Å²) < 4.78 is 69.1. The highest BCUT2D eigenvalue weighted by molar-refractivity contribution is 6.30. The van der Waals surface area contributed by atoms with Crippen LogP contribution in [0.1, 0.15) is 0 Å². The van der Waals surface area contributed by atoms with Crippen molar-refractivity contribution in [2.75, 3.05) is 0 Å². The van der Waals surface area contributed by atoms with E-state index in [1.807, 2.05) is 0 Å². The van der Waals surface area contributed by atoms with Gasteiger partial charge >= 0.3 is 12.4 Å². The molecule has 0 fully saturated rings. The summed E-state index contributed by atoms with van der Waals surface area (Å²) >= 11 is 8.83. The van der Waals surface area contributed by atoms with Gasteiger partial charge in [-0.1, -0.05) is 0 Å². The highest BCUT2D eigenvalue weighted by Gasteiger charge is 2.53. The van der Waals surface area contributed by atoms with Crippen LogP contribution in [0.2, 0.25) is 0 Å².